The predicted octanol–water partition coefficient (Wildman–Crippen LogP) is 7.85. The summed E-state index contributed by atoms with van der Waals surface area (Å²) in [5, 5.41) is 21.5. The molecule has 0 saturated heterocycles. The van der Waals surface area contributed by atoms with Gasteiger partial charge in [-0.1, -0.05) is 58.0 Å². The fourth-order valence-corrected chi connectivity index (χ4v) is 6.82. The van der Waals surface area contributed by atoms with Crippen molar-refractivity contribution in [2.45, 2.75) is 78.4 Å². The molecule has 2 N–H and O–H groups in total. The number of aliphatic hydroxyl groups is 2. The molecule has 4 aromatic rings. The number of hydrogen-bond donors (Lipinski definition) is 2. The van der Waals surface area contributed by atoms with E-state index in [1.807, 2.05) is 60.7 Å². The van der Waals surface area contributed by atoms with E-state index in [1.54, 1.807) is 0 Å². The molecule has 40 heavy (non-hydrogen) atoms. The first-order valence-corrected chi connectivity index (χ1v) is 14.7. The SMILES string of the molecule is CC[C@@]1(C)CCC2CC[C@@](C)(CC)C(O)C2C1O.[Ir].[c-]1ccccc1-c1nc2ccccc2n1-c1ccccc1. The predicted molar refractivity (Wildman–Crippen MR) is 160 cm³/mol. The van der Waals surface area contributed by atoms with Gasteiger partial charge in [0.05, 0.1) is 29.1 Å². The fourth-order valence-electron chi connectivity index (χ4n) is 6.82. The van der Waals surface area contributed by atoms with E-state index in [4.69, 9.17) is 4.98 Å². The molecule has 6 rings (SSSR count). The van der Waals surface area contributed by atoms with Gasteiger partial charge in [0.25, 0.3) is 0 Å². The van der Waals surface area contributed by atoms with Gasteiger partial charge in [0.2, 0.25) is 0 Å². The number of benzene rings is 3. The molecule has 2 fully saturated rings. The molecule has 1 radical (unpaired) electrons. The average molecular weight is 716 g/mol. The number of imidazole rings is 1. The summed E-state index contributed by atoms with van der Waals surface area (Å²) in [4.78, 5) is 4.79. The number of rotatable bonds is 4. The first kappa shape index (κ1) is 30.7. The third-order valence-electron chi connectivity index (χ3n) is 10.0. The van der Waals surface area contributed by atoms with Crippen LogP contribution in [0.2, 0.25) is 0 Å². The Balaban J connectivity index is 0.000000183. The summed E-state index contributed by atoms with van der Waals surface area (Å²) < 4.78 is 2.18. The Bertz CT molecular complexity index is 1350. The Morgan fingerprint density at radius 1 is 0.825 bits per heavy atom. The van der Waals surface area contributed by atoms with Gasteiger partial charge in [-0.3, -0.25) is 4.98 Å². The Labute approximate surface area is 253 Å². The molecule has 4 nitrogen and oxygen atoms in total. The molecule has 2 aliphatic carbocycles. The molecule has 4 unspecified atom stereocenters. The van der Waals surface area contributed by atoms with Gasteiger partial charge in [-0.05, 0) is 79.5 Å². The second-order valence-corrected chi connectivity index (χ2v) is 12.2. The number of aliphatic hydroxyl groups excluding tert-OH is 2. The van der Waals surface area contributed by atoms with Crippen LogP contribution in [0.5, 0.6) is 0 Å². The number of fused-ring (bicyclic) bond motifs is 2. The molecular weight excluding hydrogens is 673 g/mol. The number of para-hydroxylation sites is 3. The van der Waals surface area contributed by atoms with E-state index < -0.39 is 0 Å². The van der Waals surface area contributed by atoms with Crippen molar-refractivity contribution >= 4 is 11.0 Å². The summed E-state index contributed by atoms with van der Waals surface area (Å²) in [6.07, 6.45) is 5.94. The standard InChI is InChI=1S/C19H13N2.C16H30O2.Ir/c1-3-9-15(10-4-1)19-20-17-13-7-8-14-18(17)21(19)16-11-5-2-6-12-16;1-5-15(3)9-7-11-8-10-16(4,6-2)14(18)12(11)13(15)17;/h1-9,11-14H;11-14,17-18H,5-10H2,1-4H3;/q-1;;/t;11?,12?,13?,14?,15-,16+;. The van der Waals surface area contributed by atoms with E-state index in [-0.39, 0.29) is 49.1 Å². The van der Waals surface area contributed by atoms with Gasteiger partial charge in [-0.15, -0.1) is 35.9 Å². The summed E-state index contributed by atoms with van der Waals surface area (Å²) >= 11 is 0. The molecule has 0 bridgehead atoms. The van der Waals surface area contributed by atoms with Crippen LogP contribution in [0.1, 0.15) is 66.2 Å². The molecule has 3 aromatic carbocycles. The van der Waals surface area contributed by atoms with Crippen LogP contribution < -0.4 is 0 Å². The molecule has 215 valence electrons. The molecule has 1 heterocycles. The Morgan fingerprint density at radius 2 is 1.40 bits per heavy atom. The van der Waals surface area contributed by atoms with Gasteiger partial charge >= 0.3 is 0 Å². The number of hydrogen-bond acceptors (Lipinski definition) is 3. The van der Waals surface area contributed by atoms with Crippen LogP contribution in [-0.4, -0.2) is 32.0 Å². The van der Waals surface area contributed by atoms with Crippen LogP contribution in [0.4, 0.5) is 0 Å². The first-order valence-electron chi connectivity index (χ1n) is 14.7. The number of aromatic nitrogens is 2. The molecule has 0 aliphatic heterocycles. The molecule has 1 aromatic heterocycles. The molecule has 2 saturated carbocycles. The smallest absolute Gasteiger partial charge is 0.0774 e. The summed E-state index contributed by atoms with van der Waals surface area (Å²) in [5.74, 6) is 1.56. The second kappa shape index (κ2) is 12.7. The molecule has 2 aliphatic rings. The molecule has 0 spiro atoms. The minimum absolute atomic E-state index is 0. The van der Waals surface area contributed by atoms with E-state index in [1.165, 1.54) is 12.8 Å². The zero-order valence-electron chi connectivity index (χ0n) is 24.2. The van der Waals surface area contributed by atoms with Crippen LogP contribution >= 0.6 is 0 Å². The van der Waals surface area contributed by atoms with Crippen molar-refractivity contribution in [3.8, 4) is 17.1 Å². The monoisotopic (exact) mass is 716 g/mol. The van der Waals surface area contributed by atoms with Crippen LogP contribution in [-0.2, 0) is 20.1 Å². The van der Waals surface area contributed by atoms with Crippen molar-refractivity contribution in [3.05, 3.63) is 84.9 Å². The largest absolute Gasteiger partial charge is 0.392 e. The van der Waals surface area contributed by atoms with Gasteiger partial charge in [0.15, 0.2) is 0 Å². The maximum absolute atomic E-state index is 10.8. The van der Waals surface area contributed by atoms with Crippen LogP contribution in [0.15, 0.2) is 78.9 Å². The fraction of sp³-hybridized carbons (Fsp3) is 0.457. The second-order valence-electron chi connectivity index (χ2n) is 12.2. The average Bonchev–Trinajstić information content (AvgIpc) is 3.38. The third-order valence-corrected chi connectivity index (χ3v) is 10.0. The van der Waals surface area contributed by atoms with Gasteiger partial charge in [-0.25, -0.2) is 0 Å². The molecule has 6 atom stereocenters. The first-order chi connectivity index (χ1) is 18.8. The summed E-state index contributed by atoms with van der Waals surface area (Å²) in [5.41, 5.74) is 4.23. The van der Waals surface area contributed by atoms with Crippen molar-refractivity contribution in [1.82, 2.24) is 9.55 Å². The summed E-state index contributed by atoms with van der Waals surface area (Å²) in [6, 6.07) is 29.7. The van der Waals surface area contributed by atoms with Crippen molar-refractivity contribution in [2.24, 2.45) is 22.7 Å². The Kier molecular flexibility index (Phi) is 9.73. The van der Waals surface area contributed by atoms with Gasteiger partial charge in [0, 0.05) is 31.7 Å². The summed E-state index contributed by atoms with van der Waals surface area (Å²) in [7, 11) is 0. The Morgan fingerprint density at radius 3 is 1.98 bits per heavy atom. The maximum Gasteiger partial charge on any atom is 0.0774 e. The molecular formula is C35H43IrN2O2-. The van der Waals surface area contributed by atoms with Crippen molar-refractivity contribution < 1.29 is 30.3 Å². The van der Waals surface area contributed by atoms with Crippen molar-refractivity contribution in [3.63, 3.8) is 0 Å². The van der Waals surface area contributed by atoms with Crippen molar-refractivity contribution in [2.75, 3.05) is 0 Å². The summed E-state index contributed by atoms with van der Waals surface area (Å²) in [6.45, 7) is 8.71. The van der Waals surface area contributed by atoms with E-state index in [0.717, 1.165) is 53.8 Å². The van der Waals surface area contributed by atoms with Crippen LogP contribution in [0.25, 0.3) is 28.1 Å². The molecule has 5 heteroatoms. The quantitative estimate of drug-likeness (QED) is 0.212. The van der Waals surface area contributed by atoms with Crippen LogP contribution in [0.3, 0.4) is 0 Å². The zero-order chi connectivity index (χ0) is 27.6. The van der Waals surface area contributed by atoms with E-state index >= 15 is 0 Å². The maximum atomic E-state index is 10.8. The van der Waals surface area contributed by atoms with E-state index in [9.17, 15) is 10.2 Å². The molecule has 0 amide bonds. The Hall–Kier alpha value is -2.30. The third kappa shape index (κ3) is 5.72. The minimum Gasteiger partial charge on any atom is -0.392 e. The van der Waals surface area contributed by atoms with Gasteiger partial charge < -0.3 is 14.8 Å². The van der Waals surface area contributed by atoms with E-state index in [0.29, 0.717) is 5.92 Å². The van der Waals surface area contributed by atoms with Gasteiger partial charge in [-0.2, -0.15) is 0 Å². The number of nitrogens with zero attached hydrogens (tertiary/aromatic N) is 2. The minimum atomic E-state index is -0.331. The van der Waals surface area contributed by atoms with E-state index in [2.05, 4.69) is 56.5 Å². The zero-order valence-corrected chi connectivity index (χ0v) is 26.6. The topological polar surface area (TPSA) is 58.3 Å². The van der Waals surface area contributed by atoms with Crippen LogP contribution in [0, 0.1) is 28.7 Å². The van der Waals surface area contributed by atoms with Crippen molar-refractivity contribution in [1.29, 1.82) is 0 Å². The van der Waals surface area contributed by atoms with Gasteiger partial charge in [0.1, 0.15) is 0 Å². The normalized spacial score (nSPS) is 29.6.